The van der Waals surface area contributed by atoms with E-state index in [-0.39, 0.29) is 5.91 Å². The van der Waals surface area contributed by atoms with Crippen LogP contribution in [0.25, 0.3) is 0 Å². The minimum atomic E-state index is 0.153. The second-order valence-corrected chi connectivity index (χ2v) is 7.68. The van der Waals surface area contributed by atoms with E-state index in [1.165, 1.54) is 11.1 Å². The molecular weight excluding hydrogens is 334 g/mol. The van der Waals surface area contributed by atoms with E-state index in [1.54, 1.807) is 0 Å². The molecule has 0 saturated carbocycles. The number of nitrogens with one attached hydrogen (secondary N) is 1. The summed E-state index contributed by atoms with van der Waals surface area (Å²) in [5.41, 5.74) is 3.50. The molecule has 1 fully saturated rings. The van der Waals surface area contributed by atoms with Crippen molar-refractivity contribution in [3.63, 3.8) is 0 Å². The van der Waals surface area contributed by atoms with E-state index < -0.39 is 0 Å². The summed E-state index contributed by atoms with van der Waals surface area (Å²) in [5, 5.41) is 3.75. The number of rotatable bonds is 6. The van der Waals surface area contributed by atoms with Crippen LogP contribution in [0.3, 0.4) is 0 Å². The molecule has 1 N–H and O–H groups in total. The monoisotopic (exact) mass is 365 g/mol. The van der Waals surface area contributed by atoms with E-state index in [1.807, 2.05) is 35.2 Å². The molecule has 0 bridgehead atoms. The molecule has 1 aliphatic rings. The Bertz CT molecular complexity index is 736. The van der Waals surface area contributed by atoms with Gasteiger partial charge in [0.25, 0.3) is 5.91 Å². The Hall–Kier alpha value is -2.17. The predicted octanol–water partition coefficient (Wildman–Crippen LogP) is 3.49. The van der Waals surface area contributed by atoms with Gasteiger partial charge in [-0.1, -0.05) is 42.5 Å². The fraction of sp³-hybridized carbons (Fsp3) is 0.435. The SMILES string of the molecule is Cc1ccccc1C(CNC1CCN(C(=O)c2ccccc2)CC1)N(C)C. The number of hydrogen-bond donors (Lipinski definition) is 1. The highest BCUT2D eigenvalue weighted by Crippen LogP contribution is 2.22. The van der Waals surface area contributed by atoms with Crippen LogP contribution >= 0.6 is 0 Å². The molecule has 1 heterocycles. The minimum Gasteiger partial charge on any atom is -0.339 e. The summed E-state index contributed by atoms with van der Waals surface area (Å²) in [4.78, 5) is 16.8. The lowest BCUT2D eigenvalue weighted by molar-refractivity contribution is 0.0703. The molecule has 1 saturated heterocycles. The van der Waals surface area contributed by atoms with Crippen molar-refractivity contribution in [2.24, 2.45) is 0 Å². The molecule has 2 aromatic rings. The first-order valence-electron chi connectivity index (χ1n) is 9.86. The molecule has 1 atom stereocenters. The Morgan fingerprint density at radius 2 is 1.70 bits per heavy atom. The van der Waals surface area contributed by atoms with Gasteiger partial charge in [0.15, 0.2) is 0 Å². The Balaban J connectivity index is 1.53. The third-order valence-corrected chi connectivity index (χ3v) is 5.57. The highest BCUT2D eigenvalue weighted by atomic mass is 16.2. The number of hydrogen-bond acceptors (Lipinski definition) is 3. The van der Waals surface area contributed by atoms with Crippen molar-refractivity contribution < 1.29 is 4.79 Å². The Morgan fingerprint density at radius 3 is 2.33 bits per heavy atom. The molecule has 144 valence electrons. The number of likely N-dealkylation sites (tertiary alicyclic amines) is 1. The lowest BCUT2D eigenvalue weighted by Gasteiger charge is -2.34. The van der Waals surface area contributed by atoms with E-state index >= 15 is 0 Å². The molecule has 2 aromatic carbocycles. The van der Waals surface area contributed by atoms with Gasteiger partial charge in [0.05, 0.1) is 0 Å². The van der Waals surface area contributed by atoms with E-state index in [0.717, 1.165) is 38.0 Å². The van der Waals surface area contributed by atoms with Crippen LogP contribution in [-0.4, -0.2) is 55.5 Å². The molecule has 27 heavy (non-hydrogen) atoms. The van der Waals surface area contributed by atoms with Crippen molar-refractivity contribution in [2.45, 2.75) is 31.8 Å². The lowest BCUT2D eigenvalue weighted by atomic mass is 9.99. The largest absolute Gasteiger partial charge is 0.339 e. The number of benzene rings is 2. The number of carbonyl (C=O) groups excluding carboxylic acids is 1. The Morgan fingerprint density at radius 1 is 1.07 bits per heavy atom. The van der Waals surface area contributed by atoms with Gasteiger partial charge in [-0.25, -0.2) is 0 Å². The summed E-state index contributed by atoms with van der Waals surface area (Å²) in [7, 11) is 4.28. The smallest absolute Gasteiger partial charge is 0.253 e. The zero-order chi connectivity index (χ0) is 19.2. The summed E-state index contributed by atoms with van der Waals surface area (Å²) < 4.78 is 0. The average molecular weight is 366 g/mol. The third kappa shape index (κ3) is 4.96. The van der Waals surface area contributed by atoms with Crippen LogP contribution in [0.4, 0.5) is 0 Å². The van der Waals surface area contributed by atoms with Crippen molar-refractivity contribution in [3.8, 4) is 0 Å². The summed E-state index contributed by atoms with van der Waals surface area (Å²) in [6.07, 6.45) is 2.01. The maximum absolute atomic E-state index is 12.6. The number of amides is 1. The first kappa shape index (κ1) is 19.6. The number of nitrogens with zero attached hydrogens (tertiary/aromatic N) is 2. The van der Waals surface area contributed by atoms with Gasteiger partial charge in [-0.15, -0.1) is 0 Å². The molecule has 1 aliphatic heterocycles. The van der Waals surface area contributed by atoms with E-state index in [2.05, 4.69) is 55.5 Å². The molecule has 0 spiro atoms. The molecule has 3 rings (SSSR count). The van der Waals surface area contributed by atoms with Crippen LogP contribution in [0.15, 0.2) is 54.6 Å². The van der Waals surface area contributed by atoms with Crippen LogP contribution < -0.4 is 5.32 Å². The zero-order valence-corrected chi connectivity index (χ0v) is 16.7. The van der Waals surface area contributed by atoms with Crippen molar-refractivity contribution in [3.05, 3.63) is 71.3 Å². The van der Waals surface area contributed by atoms with Gasteiger partial charge in [0, 0.05) is 37.3 Å². The molecular formula is C23H31N3O. The van der Waals surface area contributed by atoms with Crippen molar-refractivity contribution in [1.29, 1.82) is 0 Å². The van der Waals surface area contributed by atoms with E-state index in [0.29, 0.717) is 12.1 Å². The van der Waals surface area contributed by atoms with Crippen LogP contribution in [0.5, 0.6) is 0 Å². The normalized spacial score (nSPS) is 16.5. The van der Waals surface area contributed by atoms with E-state index in [4.69, 9.17) is 0 Å². The van der Waals surface area contributed by atoms with Crippen molar-refractivity contribution >= 4 is 5.91 Å². The maximum Gasteiger partial charge on any atom is 0.253 e. The van der Waals surface area contributed by atoms with Gasteiger partial charge in [0.2, 0.25) is 0 Å². The molecule has 1 amide bonds. The van der Waals surface area contributed by atoms with Crippen LogP contribution in [0.1, 0.15) is 40.4 Å². The highest BCUT2D eigenvalue weighted by Gasteiger charge is 2.24. The van der Waals surface area contributed by atoms with Gasteiger partial charge >= 0.3 is 0 Å². The molecule has 1 unspecified atom stereocenters. The number of likely N-dealkylation sites (N-methyl/N-ethyl adjacent to an activating group) is 1. The van der Waals surface area contributed by atoms with Gasteiger partial charge in [-0.2, -0.15) is 0 Å². The van der Waals surface area contributed by atoms with Gasteiger partial charge in [0.1, 0.15) is 0 Å². The summed E-state index contributed by atoms with van der Waals surface area (Å²) in [6.45, 7) is 4.75. The fourth-order valence-corrected chi connectivity index (χ4v) is 3.86. The Kier molecular flexibility index (Phi) is 6.64. The fourth-order valence-electron chi connectivity index (χ4n) is 3.86. The molecule has 4 nitrogen and oxygen atoms in total. The summed E-state index contributed by atoms with van der Waals surface area (Å²) >= 11 is 0. The van der Waals surface area contributed by atoms with Gasteiger partial charge < -0.3 is 15.1 Å². The second kappa shape index (κ2) is 9.16. The highest BCUT2D eigenvalue weighted by molar-refractivity contribution is 5.94. The van der Waals surface area contributed by atoms with Gasteiger partial charge in [-0.05, 0) is 57.1 Å². The maximum atomic E-state index is 12.6. The number of carbonyl (C=O) groups is 1. The average Bonchev–Trinajstić information content (AvgIpc) is 2.70. The third-order valence-electron chi connectivity index (χ3n) is 5.57. The topological polar surface area (TPSA) is 35.6 Å². The standard InChI is InChI=1S/C23H31N3O/c1-18-9-7-8-12-21(18)22(25(2)3)17-24-20-13-15-26(16-14-20)23(27)19-10-5-4-6-11-19/h4-12,20,22,24H,13-17H2,1-3H3. The number of aryl methyl sites for hydroxylation is 1. The Labute approximate surface area is 163 Å². The first-order chi connectivity index (χ1) is 13.1. The van der Waals surface area contributed by atoms with Crippen LogP contribution in [0, 0.1) is 6.92 Å². The van der Waals surface area contributed by atoms with Gasteiger partial charge in [-0.3, -0.25) is 4.79 Å². The van der Waals surface area contributed by atoms with Crippen molar-refractivity contribution in [1.82, 2.24) is 15.1 Å². The molecule has 0 radical (unpaired) electrons. The van der Waals surface area contributed by atoms with E-state index in [9.17, 15) is 4.79 Å². The predicted molar refractivity (Wildman–Crippen MR) is 111 cm³/mol. The number of piperidine rings is 1. The second-order valence-electron chi connectivity index (χ2n) is 7.68. The lowest BCUT2D eigenvalue weighted by Crippen LogP contribution is -2.46. The first-order valence-corrected chi connectivity index (χ1v) is 9.86. The molecule has 0 aromatic heterocycles. The summed E-state index contributed by atoms with van der Waals surface area (Å²) in [6, 6.07) is 19.0. The van der Waals surface area contributed by atoms with Crippen LogP contribution in [0.2, 0.25) is 0 Å². The molecule has 0 aliphatic carbocycles. The summed E-state index contributed by atoms with van der Waals surface area (Å²) in [5.74, 6) is 0.153. The zero-order valence-electron chi connectivity index (χ0n) is 16.7. The van der Waals surface area contributed by atoms with Crippen molar-refractivity contribution in [2.75, 3.05) is 33.7 Å². The minimum absolute atomic E-state index is 0.153. The van der Waals surface area contributed by atoms with Crippen LogP contribution in [-0.2, 0) is 0 Å². The molecule has 4 heteroatoms. The quantitative estimate of drug-likeness (QED) is 0.851.